The Bertz CT molecular complexity index is 1420. The number of carbonyl (C=O) groups is 1. The van der Waals surface area contributed by atoms with Crippen LogP contribution in [0.1, 0.15) is 25.6 Å². The number of aryl methyl sites for hydroxylation is 1. The van der Waals surface area contributed by atoms with Crippen molar-refractivity contribution in [3.05, 3.63) is 95.9 Å². The molecule has 0 saturated carbocycles. The van der Waals surface area contributed by atoms with Crippen molar-refractivity contribution in [2.24, 2.45) is 0 Å². The molecule has 0 bridgehead atoms. The number of piperazine rings is 1. The predicted octanol–water partition coefficient (Wildman–Crippen LogP) is 4.25. The van der Waals surface area contributed by atoms with Crippen molar-refractivity contribution in [1.82, 2.24) is 25.2 Å². The van der Waals surface area contributed by atoms with Crippen molar-refractivity contribution in [2.45, 2.75) is 13.4 Å². The second-order valence-electron chi connectivity index (χ2n) is 8.57. The van der Waals surface area contributed by atoms with E-state index in [4.69, 9.17) is 4.11 Å². The Hall–Kier alpha value is -4.14. The van der Waals surface area contributed by atoms with Gasteiger partial charge < -0.3 is 16.0 Å². The second kappa shape index (κ2) is 11.1. The number of nitrogens with zero attached hydrogens (tertiary/aromatic N) is 4. The average molecular weight is 483 g/mol. The van der Waals surface area contributed by atoms with Crippen molar-refractivity contribution in [1.29, 1.82) is 0 Å². The summed E-state index contributed by atoms with van der Waals surface area (Å²) in [5.41, 5.74) is 3.93. The molecule has 3 N–H and O–H groups in total. The highest BCUT2D eigenvalue weighted by atomic mass is 16.1. The van der Waals surface area contributed by atoms with Gasteiger partial charge in [0, 0.05) is 77.9 Å². The standard InChI is InChI=1S/C28H29N7O/c1-20-4-9-24(17-26(20)34-28-31-12-10-25(33-28)23-3-2-11-30-18-23)32-27(36)22-7-5-21(6-8-22)19-35-15-13-29-14-16-35/h2-12,17-18,29H,13-16,19H2,1H3,(H,32,36)(H,31,33,34)/i1D3. The maximum atomic E-state index is 13.0. The molecule has 0 radical (unpaired) electrons. The number of rotatable bonds is 7. The highest BCUT2D eigenvalue weighted by molar-refractivity contribution is 6.04. The molecule has 0 spiro atoms. The molecule has 0 aliphatic carbocycles. The van der Waals surface area contributed by atoms with Crippen molar-refractivity contribution in [3.8, 4) is 11.3 Å². The molecule has 2 aromatic carbocycles. The van der Waals surface area contributed by atoms with Gasteiger partial charge in [-0.25, -0.2) is 9.97 Å². The molecular formula is C28H29N7O. The molecule has 1 amide bonds. The minimum atomic E-state index is -2.38. The summed E-state index contributed by atoms with van der Waals surface area (Å²) in [6.45, 7) is 2.44. The third kappa shape index (κ3) is 5.91. The molecule has 1 saturated heterocycles. The fourth-order valence-electron chi connectivity index (χ4n) is 4.03. The highest BCUT2D eigenvalue weighted by Gasteiger charge is 2.12. The molecule has 0 unspecified atom stereocenters. The lowest BCUT2D eigenvalue weighted by molar-refractivity contribution is 0.102. The van der Waals surface area contributed by atoms with E-state index in [1.54, 1.807) is 48.9 Å². The zero-order chi connectivity index (χ0) is 27.2. The van der Waals surface area contributed by atoms with Crippen LogP contribution in [0.3, 0.4) is 0 Å². The summed E-state index contributed by atoms with van der Waals surface area (Å²) in [6.07, 6.45) is 4.95. The number of nitrogens with one attached hydrogen (secondary N) is 3. The average Bonchev–Trinajstić information content (AvgIpc) is 2.94. The summed E-state index contributed by atoms with van der Waals surface area (Å²) in [5, 5.41) is 9.24. The van der Waals surface area contributed by atoms with Crippen LogP contribution in [0.4, 0.5) is 17.3 Å². The summed E-state index contributed by atoms with van der Waals surface area (Å²) in [7, 11) is 0. The van der Waals surface area contributed by atoms with Gasteiger partial charge in [-0.05, 0) is 60.4 Å². The number of pyridine rings is 1. The van der Waals surface area contributed by atoms with Crippen molar-refractivity contribution in [2.75, 3.05) is 36.8 Å². The number of aromatic nitrogens is 3. The van der Waals surface area contributed by atoms with Crippen molar-refractivity contribution < 1.29 is 8.91 Å². The first kappa shape index (κ1) is 20.1. The van der Waals surface area contributed by atoms with Gasteiger partial charge in [0.25, 0.3) is 5.91 Å². The molecule has 3 heterocycles. The molecule has 8 heteroatoms. The first-order valence-electron chi connectivity index (χ1n) is 13.3. The SMILES string of the molecule is [2H]C([2H])([2H])c1ccc(NC(=O)c2ccc(CN3CCNCC3)cc2)cc1Nc1nccc(-c2cccnc2)n1. The van der Waals surface area contributed by atoms with E-state index >= 15 is 0 Å². The summed E-state index contributed by atoms with van der Waals surface area (Å²) < 4.78 is 23.9. The topological polar surface area (TPSA) is 95.1 Å². The van der Waals surface area contributed by atoms with Crippen LogP contribution in [0.15, 0.2) is 79.3 Å². The number of hydrogen-bond donors (Lipinski definition) is 3. The van der Waals surface area contributed by atoms with Crippen LogP contribution in [0.2, 0.25) is 0 Å². The number of benzene rings is 2. The Morgan fingerprint density at radius 3 is 2.72 bits per heavy atom. The third-order valence-corrected chi connectivity index (χ3v) is 5.97. The maximum Gasteiger partial charge on any atom is 0.255 e. The van der Waals surface area contributed by atoms with E-state index in [0.29, 0.717) is 16.9 Å². The van der Waals surface area contributed by atoms with Gasteiger partial charge in [0.05, 0.1) is 5.69 Å². The largest absolute Gasteiger partial charge is 0.324 e. The van der Waals surface area contributed by atoms with Gasteiger partial charge in [-0.2, -0.15) is 0 Å². The molecule has 0 atom stereocenters. The summed E-state index contributed by atoms with van der Waals surface area (Å²) >= 11 is 0. The minimum absolute atomic E-state index is 0.0909. The van der Waals surface area contributed by atoms with Gasteiger partial charge in [-0.1, -0.05) is 18.2 Å². The third-order valence-electron chi connectivity index (χ3n) is 5.97. The van der Waals surface area contributed by atoms with Crippen LogP contribution < -0.4 is 16.0 Å². The second-order valence-corrected chi connectivity index (χ2v) is 8.57. The molecule has 5 rings (SSSR count). The quantitative estimate of drug-likeness (QED) is 0.362. The molecule has 4 aromatic rings. The summed E-state index contributed by atoms with van der Waals surface area (Å²) in [4.78, 5) is 28.2. The minimum Gasteiger partial charge on any atom is -0.324 e. The first-order chi connectivity index (χ1) is 18.8. The lowest BCUT2D eigenvalue weighted by Gasteiger charge is -2.27. The molecule has 8 nitrogen and oxygen atoms in total. The van der Waals surface area contributed by atoms with Gasteiger partial charge in [0.1, 0.15) is 0 Å². The van der Waals surface area contributed by atoms with Gasteiger partial charge in [0.15, 0.2) is 0 Å². The Kier molecular flexibility index (Phi) is 6.18. The normalized spacial score (nSPS) is 15.4. The van der Waals surface area contributed by atoms with E-state index in [2.05, 4.69) is 35.8 Å². The van der Waals surface area contributed by atoms with E-state index in [1.165, 1.54) is 6.07 Å². The lowest BCUT2D eigenvalue weighted by atomic mass is 10.1. The monoisotopic (exact) mass is 482 g/mol. The fraction of sp³-hybridized carbons (Fsp3) is 0.214. The van der Waals surface area contributed by atoms with E-state index in [-0.39, 0.29) is 23.1 Å². The van der Waals surface area contributed by atoms with Crippen LogP contribution in [-0.2, 0) is 6.54 Å². The Labute approximate surface area is 215 Å². The van der Waals surface area contributed by atoms with Crippen LogP contribution in [0, 0.1) is 6.85 Å². The number of amides is 1. The van der Waals surface area contributed by atoms with Gasteiger partial charge >= 0.3 is 0 Å². The lowest BCUT2D eigenvalue weighted by Crippen LogP contribution is -2.42. The van der Waals surface area contributed by atoms with E-state index in [9.17, 15) is 4.79 Å². The van der Waals surface area contributed by atoms with E-state index < -0.39 is 6.85 Å². The molecule has 1 aliphatic rings. The molecule has 1 aliphatic heterocycles. The van der Waals surface area contributed by atoms with Crippen molar-refractivity contribution >= 4 is 23.2 Å². The molecule has 182 valence electrons. The molecule has 1 fully saturated rings. The zero-order valence-electron chi connectivity index (χ0n) is 22.7. The Morgan fingerprint density at radius 2 is 1.94 bits per heavy atom. The molecular weight excluding hydrogens is 450 g/mol. The number of anilines is 3. The number of carbonyl (C=O) groups excluding carboxylic acids is 1. The first-order valence-corrected chi connectivity index (χ1v) is 11.8. The van der Waals surface area contributed by atoms with E-state index in [1.807, 2.05) is 24.3 Å². The fourth-order valence-corrected chi connectivity index (χ4v) is 4.03. The van der Waals surface area contributed by atoms with Gasteiger partial charge in [-0.15, -0.1) is 0 Å². The summed E-state index contributed by atoms with van der Waals surface area (Å²) in [5.74, 6) is -0.0588. The maximum absolute atomic E-state index is 13.0. The Balaban J connectivity index is 1.33. The van der Waals surface area contributed by atoms with Crippen LogP contribution in [-0.4, -0.2) is 51.9 Å². The Morgan fingerprint density at radius 1 is 1.08 bits per heavy atom. The smallest absolute Gasteiger partial charge is 0.255 e. The highest BCUT2D eigenvalue weighted by Crippen LogP contribution is 2.24. The number of hydrogen-bond acceptors (Lipinski definition) is 7. The molecule has 2 aromatic heterocycles. The van der Waals surface area contributed by atoms with Crippen LogP contribution in [0.5, 0.6) is 0 Å². The molecule has 36 heavy (non-hydrogen) atoms. The van der Waals surface area contributed by atoms with E-state index in [0.717, 1.165) is 43.9 Å². The van der Waals surface area contributed by atoms with Gasteiger partial charge in [-0.3, -0.25) is 14.7 Å². The van der Waals surface area contributed by atoms with Crippen molar-refractivity contribution in [3.63, 3.8) is 0 Å². The van der Waals surface area contributed by atoms with Crippen LogP contribution in [0.25, 0.3) is 11.3 Å². The van der Waals surface area contributed by atoms with Gasteiger partial charge in [0.2, 0.25) is 5.95 Å². The zero-order valence-corrected chi connectivity index (χ0v) is 19.7. The van der Waals surface area contributed by atoms with Crippen LogP contribution >= 0.6 is 0 Å². The predicted molar refractivity (Wildman–Crippen MR) is 142 cm³/mol. The summed E-state index contributed by atoms with van der Waals surface area (Å²) in [6, 6.07) is 17.6.